The first-order valence-corrected chi connectivity index (χ1v) is 11.0. The first-order valence-electron chi connectivity index (χ1n) is 8.69. The van der Waals surface area contributed by atoms with Crippen LogP contribution in [-0.2, 0) is 10.0 Å². The van der Waals surface area contributed by atoms with Crippen molar-refractivity contribution in [2.45, 2.75) is 0 Å². The van der Waals surface area contributed by atoms with Crippen molar-refractivity contribution in [3.05, 3.63) is 72.0 Å². The van der Waals surface area contributed by atoms with Crippen LogP contribution in [0.4, 0.5) is 21.6 Å². The summed E-state index contributed by atoms with van der Waals surface area (Å²) in [5.74, 6) is -0.174. The van der Waals surface area contributed by atoms with Gasteiger partial charge in [-0.15, -0.1) is 0 Å². The Balaban J connectivity index is 1.77. The number of hydrogen-bond acceptors (Lipinski definition) is 6. The first kappa shape index (κ1) is 20.0. The van der Waals surface area contributed by atoms with E-state index in [-0.39, 0.29) is 10.7 Å². The number of nitrogens with one attached hydrogen (secondary N) is 2. The molecular weight excluding hydrogens is 429 g/mol. The number of sulfonamides is 1. The summed E-state index contributed by atoms with van der Waals surface area (Å²) in [5, 5.41) is 3.61. The number of benzene rings is 2. The number of anilines is 3. The highest BCUT2D eigenvalue weighted by Gasteiger charge is 2.11. The Morgan fingerprint density at radius 3 is 2.67 bits per heavy atom. The minimum atomic E-state index is -3.43. The molecule has 0 fully saturated rings. The molecule has 4 aromatic rings. The number of pyridine rings is 1. The van der Waals surface area contributed by atoms with Gasteiger partial charge in [0.25, 0.3) is 0 Å². The summed E-state index contributed by atoms with van der Waals surface area (Å²) in [6.07, 6.45) is 5.48. The molecule has 0 saturated carbocycles. The first-order chi connectivity index (χ1) is 14.3. The van der Waals surface area contributed by atoms with Crippen LogP contribution >= 0.6 is 11.6 Å². The van der Waals surface area contributed by atoms with Gasteiger partial charge in [-0.25, -0.2) is 22.8 Å². The Hall–Kier alpha value is -3.30. The molecule has 2 aromatic heterocycles. The summed E-state index contributed by atoms with van der Waals surface area (Å²) >= 11 is 5.86. The van der Waals surface area contributed by atoms with E-state index in [2.05, 4.69) is 25.0 Å². The van der Waals surface area contributed by atoms with Crippen LogP contribution in [0.3, 0.4) is 0 Å². The lowest BCUT2D eigenvalue weighted by atomic mass is 10.0. The topological polar surface area (TPSA) is 96.9 Å². The third-order valence-electron chi connectivity index (χ3n) is 4.21. The van der Waals surface area contributed by atoms with Crippen molar-refractivity contribution in [1.29, 1.82) is 0 Å². The van der Waals surface area contributed by atoms with Crippen molar-refractivity contribution in [3.8, 4) is 11.1 Å². The van der Waals surface area contributed by atoms with E-state index in [4.69, 9.17) is 11.6 Å². The molecule has 0 atom stereocenters. The van der Waals surface area contributed by atoms with Crippen molar-refractivity contribution < 1.29 is 12.8 Å². The molecule has 0 saturated heterocycles. The zero-order valence-electron chi connectivity index (χ0n) is 15.6. The van der Waals surface area contributed by atoms with Crippen molar-refractivity contribution in [2.24, 2.45) is 0 Å². The van der Waals surface area contributed by atoms with Gasteiger partial charge in [-0.1, -0.05) is 23.7 Å². The Bertz CT molecular complexity index is 1360. The average Bonchev–Trinajstić information content (AvgIpc) is 2.70. The highest BCUT2D eigenvalue weighted by molar-refractivity contribution is 7.92. The second-order valence-electron chi connectivity index (χ2n) is 6.52. The molecule has 0 bridgehead atoms. The Morgan fingerprint density at radius 1 is 1.03 bits per heavy atom. The molecule has 152 valence electrons. The van der Waals surface area contributed by atoms with Crippen molar-refractivity contribution in [1.82, 2.24) is 15.0 Å². The molecule has 0 amide bonds. The highest BCUT2D eigenvalue weighted by atomic mass is 35.5. The Labute approximate surface area is 177 Å². The number of hydrogen-bond donors (Lipinski definition) is 2. The Morgan fingerprint density at radius 2 is 1.87 bits per heavy atom. The van der Waals surface area contributed by atoms with Crippen LogP contribution in [0.1, 0.15) is 0 Å². The third-order valence-corrected chi connectivity index (χ3v) is 5.11. The molecule has 2 aromatic carbocycles. The van der Waals surface area contributed by atoms with Crippen molar-refractivity contribution in [3.63, 3.8) is 0 Å². The fraction of sp³-hybridized carbons (Fsp3) is 0.0500. The van der Waals surface area contributed by atoms with Crippen LogP contribution in [0.15, 0.2) is 61.2 Å². The summed E-state index contributed by atoms with van der Waals surface area (Å²) in [4.78, 5) is 12.6. The minimum Gasteiger partial charge on any atom is -0.337 e. The maximum atomic E-state index is 14.3. The van der Waals surface area contributed by atoms with Gasteiger partial charge in [-0.05, 0) is 35.9 Å². The molecule has 0 aliphatic rings. The van der Waals surface area contributed by atoms with E-state index < -0.39 is 15.8 Å². The summed E-state index contributed by atoms with van der Waals surface area (Å²) < 4.78 is 39.7. The number of nitrogens with zero attached hydrogens (tertiary/aromatic N) is 3. The van der Waals surface area contributed by atoms with Crippen LogP contribution in [0.2, 0.25) is 5.02 Å². The van der Waals surface area contributed by atoms with Gasteiger partial charge in [-0.3, -0.25) is 9.71 Å². The van der Waals surface area contributed by atoms with E-state index in [0.717, 1.165) is 11.8 Å². The van der Waals surface area contributed by atoms with E-state index in [9.17, 15) is 12.8 Å². The standard InChI is InChI=1S/C20H15ClFN5O2S/c1-30(28,29)27-14-7-13(9-23-10-14)12-5-6-17-15(8-12)20(25-11-24-17)26-18-4-2-3-16(21)19(18)22/h2-11,27H,1H3,(H,24,25,26). The monoisotopic (exact) mass is 443 g/mol. The Kier molecular flexibility index (Phi) is 5.23. The molecule has 0 aliphatic heterocycles. The van der Waals surface area contributed by atoms with Crippen LogP contribution in [0, 0.1) is 5.82 Å². The van der Waals surface area contributed by atoms with Gasteiger partial charge >= 0.3 is 0 Å². The van der Waals surface area contributed by atoms with E-state index in [1.807, 2.05) is 12.1 Å². The van der Waals surface area contributed by atoms with Gasteiger partial charge in [-0.2, -0.15) is 0 Å². The smallest absolute Gasteiger partial charge is 0.229 e. The number of halogens is 2. The SMILES string of the molecule is CS(=O)(=O)Nc1cncc(-c2ccc3ncnc(Nc4cccc(Cl)c4F)c3c2)c1. The lowest BCUT2D eigenvalue weighted by Gasteiger charge is -2.11. The van der Waals surface area contributed by atoms with Crippen LogP contribution in [-0.4, -0.2) is 29.6 Å². The summed E-state index contributed by atoms with van der Waals surface area (Å²) in [7, 11) is -3.43. The molecule has 7 nitrogen and oxygen atoms in total. The van der Waals surface area contributed by atoms with Gasteiger partial charge in [0.05, 0.1) is 34.4 Å². The van der Waals surface area contributed by atoms with E-state index in [1.165, 1.54) is 18.6 Å². The van der Waals surface area contributed by atoms with Crippen LogP contribution in [0.25, 0.3) is 22.0 Å². The molecule has 30 heavy (non-hydrogen) atoms. The second kappa shape index (κ2) is 7.85. The van der Waals surface area contributed by atoms with Gasteiger partial charge in [0, 0.05) is 17.1 Å². The third kappa shape index (κ3) is 4.32. The zero-order valence-corrected chi connectivity index (χ0v) is 17.2. The molecule has 0 spiro atoms. The lowest BCUT2D eigenvalue weighted by molar-refractivity contribution is 0.607. The molecule has 0 unspecified atom stereocenters. The number of aromatic nitrogens is 3. The second-order valence-corrected chi connectivity index (χ2v) is 8.67. The summed E-state index contributed by atoms with van der Waals surface area (Å²) in [6, 6.07) is 11.8. The minimum absolute atomic E-state index is 0.000293. The molecule has 4 rings (SSSR count). The predicted molar refractivity (Wildman–Crippen MR) is 116 cm³/mol. The predicted octanol–water partition coefficient (Wildman–Crippen LogP) is 4.60. The van der Waals surface area contributed by atoms with E-state index in [1.54, 1.807) is 30.5 Å². The van der Waals surface area contributed by atoms with E-state index in [0.29, 0.717) is 28.0 Å². The summed E-state index contributed by atoms with van der Waals surface area (Å²) in [5.41, 5.74) is 2.63. The molecule has 10 heteroatoms. The van der Waals surface area contributed by atoms with Crippen LogP contribution < -0.4 is 10.0 Å². The lowest BCUT2D eigenvalue weighted by Crippen LogP contribution is -2.09. The fourth-order valence-corrected chi connectivity index (χ4v) is 3.65. The van der Waals surface area contributed by atoms with Gasteiger partial charge < -0.3 is 5.32 Å². The number of fused-ring (bicyclic) bond motifs is 1. The van der Waals surface area contributed by atoms with E-state index >= 15 is 0 Å². The quantitative estimate of drug-likeness (QED) is 0.468. The summed E-state index contributed by atoms with van der Waals surface area (Å²) in [6.45, 7) is 0. The zero-order chi connectivity index (χ0) is 21.3. The largest absolute Gasteiger partial charge is 0.337 e. The molecule has 2 N–H and O–H groups in total. The number of rotatable bonds is 5. The fourth-order valence-electron chi connectivity index (χ4n) is 2.93. The highest BCUT2D eigenvalue weighted by Crippen LogP contribution is 2.31. The van der Waals surface area contributed by atoms with Crippen LogP contribution in [0.5, 0.6) is 0 Å². The molecule has 0 aliphatic carbocycles. The maximum absolute atomic E-state index is 14.3. The average molecular weight is 444 g/mol. The van der Waals surface area contributed by atoms with Crippen molar-refractivity contribution >= 4 is 49.7 Å². The van der Waals surface area contributed by atoms with Gasteiger partial charge in [0.15, 0.2) is 5.82 Å². The van der Waals surface area contributed by atoms with Gasteiger partial charge in [0.1, 0.15) is 12.1 Å². The molecule has 0 radical (unpaired) electrons. The van der Waals surface area contributed by atoms with Gasteiger partial charge in [0.2, 0.25) is 10.0 Å². The maximum Gasteiger partial charge on any atom is 0.229 e. The normalized spacial score (nSPS) is 11.4. The molecular formula is C20H15ClFN5O2S. The van der Waals surface area contributed by atoms with Crippen molar-refractivity contribution in [2.75, 3.05) is 16.3 Å². The molecule has 2 heterocycles.